The highest BCUT2D eigenvalue weighted by Gasteiger charge is 2.25. The van der Waals surface area contributed by atoms with Crippen LogP contribution in [-0.2, 0) is 11.3 Å². The van der Waals surface area contributed by atoms with Crippen molar-refractivity contribution in [1.82, 2.24) is 14.5 Å². The Balaban J connectivity index is 0.00000256. The summed E-state index contributed by atoms with van der Waals surface area (Å²) in [6.45, 7) is 4.31. The van der Waals surface area contributed by atoms with Crippen molar-refractivity contribution in [2.75, 3.05) is 24.6 Å². The third kappa shape index (κ3) is 4.68. The highest BCUT2D eigenvalue weighted by atomic mass is 35.5. The van der Waals surface area contributed by atoms with Gasteiger partial charge < -0.3 is 9.64 Å². The Labute approximate surface area is 180 Å². The highest BCUT2D eigenvalue weighted by Crippen LogP contribution is 2.26. The van der Waals surface area contributed by atoms with Gasteiger partial charge in [0.25, 0.3) is 5.56 Å². The molecular formula is C22H24ClFN4O2. The lowest BCUT2D eigenvalue weighted by Crippen LogP contribution is -2.42. The standard InChI is InChI=1S/C22H23FN4O2.ClH/c1-2-11-27-21(28)14-19(16-7-9-24-10-8-16)25-22(27)26-12-13-29-20(15-26)17-3-5-18(23)6-4-17;/h3-10,14,20H,2,11-13,15H2,1H3;1H/t20-;/m1./s1. The number of rotatable bonds is 5. The van der Waals surface area contributed by atoms with Crippen molar-refractivity contribution in [2.24, 2.45) is 0 Å². The molecule has 2 aromatic heterocycles. The van der Waals surface area contributed by atoms with E-state index in [1.807, 2.05) is 19.1 Å². The molecule has 0 spiro atoms. The van der Waals surface area contributed by atoms with E-state index in [0.29, 0.717) is 37.9 Å². The maximum atomic E-state index is 13.3. The number of nitrogens with zero attached hydrogens (tertiary/aromatic N) is 4. The lowest BCUT2D eigenvalue weighted by Gasteiger charge is -2.35. The van der Waals surface area contributed by atoms with E-state index in [2.05, 4.69) is 9.88 Å². The van der Waals surface area contributed by atoms with Crippen molar-refractivity contribution >= 4 is 18.4 Å². The topological polar surface area (TPSA) is 60.2 Å². The summed E-state index contributed by atoms with van der Waals surface area (Å²) in [6, 6.07) is 11.6. The first kappa shape index (κ1) is 21.9. The van der Waals surface area contributed by atoms with Crippen LogP contribution in [0, 0.1) is 5.82 Å². The van der Waals surface area contributed by atoms with Gasteiger partial charge in [-0.25, -0.2) is 9.37 Å². The maximum Gasteiger partial charge on any atom is 0.255 e. The van der Waals surface area contributed by atoms with Gasteiger partial charge in [0.15, 0.2) is 0 Å². The second-order valence-corrected chi connectivity index (χ2v) is 7.02. The predicted octanol–water partition coefficient (Wildman–Crippen LogP) is 3.85. The number of benzene rings is 1. The first-order valence-corrected chi connectivity index (χ1v) is 9.80. The number of ether oxygens (including phenoxy) is 1. The summed E-state index contributed by atoms with van der Waals surface area (Å²) in [5.41, 5.74) is 2.31. The molecule has 0 radical (unpaired) electrons. The minimum absolute atomic E-state index is 0. The van der Waals surface area contributed by atoms with Gasteiger partial charge in [0.1, 0.15) is 11.9 Å². The first-order valence-electron chi connectivity index (χ1n) is 9.80. The fraction of sp³-hybridized carbons (Fsp3) is 0.318. The molecule has 1 fully saturated rings. The average Bonchev–Trinajstić information content (AvgIpc) is 2.76. The zero-order valence-electron chi connectivity index (χ0n) is 16.7. The summed E-state index contributed by atoms with van der Waals surface area (Å²) in [4.78, 5) is 23.8. The van der Waals surface area contributed by atoms with Crippen LogP contribution in [0.15, 0.2) is 59.7 Å². The van der Waals surface area contributed by atoms with E-state index in [1.54, 1.807) is 35.2 Å². The molecule has 158 valence electrons. The number of anilines is 1. The van der Waals surface area contributed by atoms with Crippen molar-refractivity contribution in [3.05, 3.63) is 76.6 Å². The Morgan fingerprint density at radius 1 is 1.17 bits per heavy atom. The van der Waals surface area contributed by atoms with Crippen LogP contribution in [0.1, 0.15) is 25.0 Å². The largest absolute Gasteiger partial charge is 0.370 e. The van der Waals surface area contributed by atoms with Crippen LogP contribution in [0.5, 0.6) is 0 Å². The molecule has 1 aromatic carbocycles. The van der Waals surface area contributed by atoms with Crippen LogP contribution in [-0.4, -0.2) is 34.2 Å². The van der Waals surface area contributed by atoms with Crippen molar-refractivity contribution in [2.45, 2.75) is 26.0 Å². The fourth-order valence-electron chi connectivity index (χ4n) is 3.55. The number of morpholine rings is 1. The van der Waals surface area contributed by atoms with E-state index < -0.39 is 0 Å². The number of hydrogen-bond acceptors (Lipinski definition) is 5. The van der Waals surface area contributed by atoms with Crippen LogP contribution in [0.4, 0.5) is 10.3 Å². The second kappa shape index (κ2) is 9.82. The summed E-state index contributed by atoms with van der Waals surface area (Å²) < 4.78 is 20.9. The molecule has 0 bridgehead atoms. The van der Waals surface area contributed by atoms with Crippen molar-refractivity contribution in [3.63, 3.8) is 0 Å². The zero-order chi connectivity index (χ0) is 20.2. The van der Waals surface area contributed by atoms with Crippen LogP contribution in [0.2, 0.25) is 0 Å². The third-order valence-corrected chi connectivity index (χ3v) is 5.00. The quantitative estimate of drug-likeness (QED) is 0.615. The predicted molar refractivity (Wildman–Crippen MR) is 117 cm³/mol. The Hall–Kier alpha value is -2.77. The summed E-state index contributed by atoms with van der Waals surface area (Å²) in [5, 5.41) is 0. The zero-order valence-corrected chi connectivity index (χ0v) is 17.5. The minimum Gasteiger partial charge on any atom is -0.370 e. The molecule has 8 heteroatoms. The SMILES string of the molecule is CCCn1c(N2CCO[C@@H](c3ccc(F)cc3)C2)nc(-c2ccncc2)cc1=O.Cl. The molecule has 6 nitrogen and oxygen atoms in total. The molecule has 30 heavy (non-hydrogen) atoms. The molecule has 3 aromatic rings. The van der Waals surface area contributed by atoms with E-state index in [0.717, 1.165) is 17.5 Å². The normalized spacial score (nSPS) is 16.2. The van der Waals surface area contributed by atoms with E-state index in [4.69, 9.17) is 9.72 Å². The van der Waals surface area contributed by atoms with Crippen LogP contribution in [0.3, 0.4) is 0 Å². The number of hydrogen-bond donors (Lipinski definition) is 0. The van der Waals surface area contributed by atoms with Gasteiger partial charge in [0.2, 0.25) is 5.95 Å². The Bertz CT molecular complexity index is 1030. The Kier molecular flexibility index (Phi) is 7.18. The summed E-state index contributed by atoms with van der Waals surface area (Å²) >= 11 is 0. The monoisotopic (exact) mass is 430 g/mol. The van der Waals surface area contributed by atoms with Gasteiger partial charge in [-0.05, 0) is 36.2 Å². The van der Waals surface area contributed by atoms with Crippen LogP contribution in [0.25, 0.3) is 11.3 Å². The highest BCUT2D eigenvalue weighted by molar-refractivity contribution is 5.85. The maximum absolute atomic E-state index is 13.3. The minimum atomic E-state index is -0.273. The van der Waals surface area contributed by atoms with E-state index >= 15 is 0 Å². The van der Waals surface area contributed by atoms with Gasteiger partial charge in [0, 0.05) is 37.1 Å². The number of aromatic nitrogens is 3. The molecule has 0 amide bonds. The van der Waals surface area contributed by atoms with Crippen LogP contribution < -0.4 is 10.5 Å². The molecule has 0 N–H and O–H groups in total. The van der Waals surface area contributed by atoms with Gasteiger partial charge in [0.05, 0.1) is 18.8 Å². The smallest absolute Gasteiger partial charge is 0.255 e. The summed E-state index contributed by atoms with van der Waals surface area (Å²) in [6.07, 6.45) is 4.00. The lowest BCUT2D eigenvalue weighted by atomic mass is 10.1. The van der Waals surface area contributed by atoms with Gasteiger partial charge in [-0.15, -0.1) is 12.4 Å². The summed E-state index contributed by atoms with van der Waals surface area (Å²) in [7, 11) is 0. The van der Waals surface area contributed by atoms with Gasteiger partial charge in [-0.3, -0.25) is 14.3 Å². The molecule has 0 unspecified atom stereocenters. The molecule has 0 saturated carbocycles. The molecular weight excluding hydrogens is 407 g/mol. The van der Waals surface area contributed by atoms with E-state index in [1.165, 1.54) is 12.1 Å². The second-order valence-electron chi connectivity index (χ2n) is 7.02. The molecule has 1 aliphatic rings. The molecule has 3 heterocycles. The van der Waals surface area contributed by atoms with Crippen LogP contribution >= 0.6 is 12.4 Å². The van der Waals surface area contributed by atoms with Crippen molar-refractivity contribution in [1.29, 1.82) is 0 Å². The van der Waals surface area contributed by atoms with Crippen molar-refractivity contribution in [3.8, 4) is 11.3 Å². The van der Waals surface area contributed by atoms with E-state index in [9.17, 15) is 9.18 Å². The third-order valence-electron chi connectivity index (χ3n) is 5.00. The lowest BCUT2D eigenvalue weighted by molar-refractivity contribution is 0.0388. The van der Waals surface area contributed by atoms with Crippen molar-refractivity contribution < 1.29 is 9.13 Å². The Morgan fingerprint density at radius 2 is 1.90 bits per heavy atom. The van der Waals surface area contributed by atoms with Gasteiger partial charge in [-0.1, -0.05) is 19.1 Å². The fourth-order valence-corrected chi connectivity index (χ4v) is 3.55. The van der Waals surface area contributed by atoms with E-state index in [-0.39, 0.29) is 29.9 Å². The number of pyridine rings is 1. The molecule has 1 saturated heterocycles. The molecule has 1 aliphatic heterocycles. The summed E-state index contributed by atoms with van der Waals surface area (Å²) in [5.74, 6) is 0.367. The Morgan fingerprint density at radius 3 is 2.60 bits per heavy atom. The van der Waals surface area contributed by atoms with Gasteiger partial charge >= 0.3 is 0 Å². The average molecular weight is 431 g/mol. The first-order chi connectivity index (χ1) is 14.2. The molecule has 0 aliphatic carbocycles. The van der Waals surface area contributed by atoms with Gasteiger partial charge in [-0.2, -0.15) is 0 Å². The molecule has 1 atom stereocenters. The molecule has 4 rings (SSSR count). The number of halogens is 2.